The van der Waals surface area contributed by atoms with Crippen molar-refractivity contribution < 1.29 is 27.4 Å². The zero-order chi connectivity index (χ0) is 37.1. The van der Waals surface area contributed by atoms with Crippen LogP contribution in [0.2, 0.25) is 0 Å². The molecule has 0 spiro atoms. The molecule has 10 nitrogen and oxygen atoms in total. The molecule has 53 heavy (non-hydrogen) atoms. The highest BCUT2D eigenvalue weighted by molar-refractivity contribution is 6.02. The third kappa shape index (κ3) is 7.67. The number of aromatic nitrogens is 3. The first-order chi connectivity index (χ1) is 25.7. The van der Waals surface area contributed by atoms with Gasteiger partial charge in [0, 0.05) is 81.6 Å². The van der Waals surface area contributed by atoms with Crippen molar-refractivity contribution in [2.24, 2.45) is 0 Å². The smallest absolute Gasteiger partial charge is 0.318 e. The molecule has 0 aliphatic carbocycles. The first-order valence-electron chi connectivity index (χ1n) is 18.2. The van der Waals surface area contributed by atoms with Crippen molar-refractivity contribution in [2.45, 2.75) is 43.9 Å². The van der Waals surface area contributed by atoms with Crippen molar-refractivity contribution in [3.05, 3.63) is 65.9 Å². The van der Waals surface area contributed by atoms with E-state index in [0.717, 1.165) is 26.1 Å². The summed E-state index contributed by atoms with van der Waals surface area (Å²) in [4.78, 5) is 34.5. The number of nitrogens with zero attached hydrogens (tertiary/aromatic N) is 7. The number of likely N-dealkylation sites (N-methyl/N-ethyl adjacent to an activating group) is 1. The quantitative estimate of drug-likeness (QED) is 0.188. The molecule has 4 saturated heterocycles. The number of ether oxygens (including phenoxy) is 2. The summed E-state index contributed by atoms with van der Waals surface area (Å²) in [6.45, 7) is 6.76. The molecule has 8 rings (SSSR count). The number of halogens is 3. The minimum Gasteiger partial charge on any atom is -0.467 e. The fraction of sp³-hybridized carbons (Fsp3) is 0.450. The van der Waals surface area contributed by atoms with Gasteiger partial charge in [-0.25, -0.2) is 13.2 Å². The molecule has 0 radical (unpaired) electrons. The van der Waals surface area contributed by atoms with Crippen molar-refractivity contribution in [3.8, 4) is 29.6 Å². The molecule has 13 heteroatoms. The number of carbonyl (C=O) groups excluding carboxylic acids is 1. The molecule has 4 aliphatic rings. The summed E-state index contributed by atoms with van der Waals surface area (Å²) in [6.07, 6.45) is 14.2. The predicted molar refractivity (Wildman–Crippen MR) is 199 cm³/mol. The maximum absolute atomic E-state index is 16.3. The van der Waals surface area contributed by atoms with E-state index in [4.69, 9.17) is 15.9 Å². The van der Waals surface area contributed by atoms with Crippen molar-refractivity contribution >= 4 is 33.4 Å². The Kier molecular flexibility index (Phi) is 11.1. The third-order valence-corrected chi connectivity index (χ3v) is 10.8. The van der Waals surface area contributed by atoms with Gasteiger partial charge in [-0.15, -0.1) is 6.42 Å². The van der Waals surface area contributed by atoms with E-state index in [1.54, 1.807) is 35.2 Å². The summed E-state index contributed by atoms with van der Waals surface area (Å²) in [5.74, 6) is 1.51. The molecule has 1 amide bonds. The van der Waals surface area contributed by atoms with Gasteiger partial charge in [-0.1, -0.05) is 36.3 Å². The van der Waals surface area contributed by atoms with Crippen LogP contribution in [-0.2, 0) is 9.53 Å². The minimum atomic E-state index is -0.703. The summed E-state index contributed by atoms with van der Waals surface area (Å²) in [7, 11) is 3.27. The van der Waals surface area contributed by atoms with E-state index >= 15 is 4.39 Å². The lowest BCUT2D eigenvalue weighted by Gasteiger charge is -2.27. The summed E-state index contributed by atoms with van der Waals surface area (Å²) < 4.78 is 54.3. The lowest BCUT2D eigenvalue weighted by molar-refractivity contribution is -0.125. The Bertz CT molecular complexity index is 2040. The standard InChI is InChI=1S/C33H32F2N6O3.C7H12FN/c1-4-23-26(34)11-10-21-7-5-8-24(28(21)23)30-29(35)31-25(19-36-30)32(38-33(37-31)43-3)39(2)22-12-14-41(20-22)27(42)9-6-13-40-15-17-44-18-16-40;8-6-4-7-2-1-3-9(7)5-6/h1,5-11,19,22H,12-18,20H2,2-3H3;6-7H,1-5H2/b9-6+;. The van der Waals surface area contributed by atoms with Gasteiger partial charge in [-0.05, 0) is 43.7 Å². The Balaban J connectivity index is 0.000000418. The van der Waals surface area contributed by atoms with Gasteiger partial charge in [0.1, 0.15) is 29.0 Å². The zero-order valence-electron chi connectivity index (χ0n) is 30.1. The van der Waals surface area contributed by atoms with Crippen molar-refractivity contribution in [3.63, 3.8) is 0 Å². The van der Waals surface area contributed by atoms with Crippen molar-refractivity contribution in [2.75, 3.05) is 78.1 Å². The van der Waals surface area contributed by atoms with Gasteiger partial charge in [0.15, 0.2) is 5.82 Å². The molecule has 3 atom stereocenters. The van der Waals surface area contributed by atoms with Gasteiger partial charge >= 0.3 is 6.01 Å². The van der Waals surface area contributed by atoms with E-state index in [1.807, 2.05) is 18.0 Å². The largest absolute Gasteiger partial charge is 0.467 e. The average molecular weight is 728 g/mol. The molecular weight excluding hydrogens is 683 g/mol. The number of amides is 1. The average Bonchev–Trinajstić information content (AvgIpc) is 3.93. The van der Waals surface area contributed by atoms with Crippen LogP contribution >= 0.6 is 0 Å². The molecule has 0 N–H and O–H groups in total. The van der Waals surface area contributed by atoms with Crippen LogP contribution in [0, 0.1) is 24.0 Å². The van der Waals surface area contributed by atoms with Crippen LogP contribution in [0.1, 0.15) is 31.2 Å². The van der Waals surface area contributed by atoms with E-state index in [1.165, 1.54) is 32.2 Å². The molecule has 0 saturated carbocycles. The predicted octanol–water partition coefficient (Wildman–Crippen LogP) is 5.23. The van der Waals surface area contributed by atoms with Crippen LogP contribution in [-0.4, -0.2) is 127 Å². The number of carbonyl (C=O) groups is 1. The topological polar surface area (TPSA) is 87.2 Å². The van der Waals surface area contributed by atoms with E-state index < -0.39 is 17.8 Å². The van der Waals surface area contributed by atoms with Gasteiger partial charge in [-0.3, -0.25) is 19.6 Å². The molecule has 2 aromatic heterocycles. The highest BCUT2D eigenvalue weighted by atomic mass is 19.1. The second kappa shape index (κ2) is 16.1. The zero-order valence-corrected chi connectivity index (χ0v) is 30.1. The number of alkyl halides is 1. The number of rotatable bonds is 7. The lowest BCUT2D eigenvalue weighted by Crippen LogP contribution is -2.37. The van der Waals surface area contributed by atoms with Crippen LogP contribution in [0.4, 0.5) is 19.0 Å². The van der Waals surface area contributed by atoms with Crippen LogP contribution in [0.3, 0.4) is 0 Å². The first kappa shape index (κ1) is 36.6. The molecule has 4 fully saturated rings. The second-order valence-electron chi connectivity index (χ2n) is 14.0. The number of hydrogen-bond acceptors (Lipinski definition) is 9. The van der Waals surface area contributed by atoms with Crippen molar-refractivity contribution in [1.29, 1.82) is 0 Å². The van der Waals surface area contributed by atoms with Gasteiger partial charge in [0.05, 0.1) is 31.3 Å². The summed E-state index contributed by atoms with van der Waals surface area (Å²) in [5, 5.41) is 1.44. The summed E-state index contributed by atoms with van der Waals surface area (Å²) in [6, 6.07) is 8.60. The minimum absolute atomic E-state index is 0.0105. The lowest BCUT2D eigenvalue weighted by atomic mass is 9.96. The second-order valence-corrected chi connectivity index (χ2v) is 14.0. The first-order valence-corrected chi connectivity index (χ1v) is 18.2. The third-order valence-electron chi connectivity index (χ3n) is 10.8. The number of methoxy groups -OCH3 is 1. The highest BCUT2D eigenvalue weighted by Gasteiger charge is 2.35. The highest BCUT2D eigenvalue weighted by Crippen LogP contribution is 2.37. The van der Waals surface area contributed by atoms with Gasteiger partial charge in [0.2, 0.25) is 5.91 Å². The Hall–Kier alpha value is -4.77. The fourth-order valence-corrected chi connectivity index (χ4v) is 7.91. The van der Waals surface area contributed by atoms with Gasteiger partial charge in [0.25, 0.3) is 0 Å². The number of terminal acetylenes is 1. The van der Waals surface area contributed by atoms with E-state index in [2.05, 4.69) is 30.7 Å². The molecule has 0 bridgehead atoms. The van der Waals surface area contributed by atoms with Gasteiger partial charge in [-0.2, -0.15) is 9.97 Å². The van der Waals surface area contributed by atoms with Crippen LogP contribution in [0.15, 0.2) is 48.7 Å². The molecule has 4 aliphatic heterocycles. The molecule has 6 heterocycles. The number of benzene rings is 2. The molecule has 278 valence electrons. The molecule has 3 unspecified atom stereocenters. The fourth-order valence-electron chi connectivity index (χ4n) is 7.91. The number of likely N-dealkylation sites (tertiary alicyclic amines) is 1. The SMILES string of the molecule is C#Cc1c(F)ccc2cccc(-c3ncc4c(N(C)C5CCN(C(=O)/C=C/CN6CCOCC6)C5)nc(OC)nc4c3F)c12.FC1CC2CCCN2C1. The maximum Gasteiger partial charge on any atom is 0.318 e. The molecular formula is C40H44F3N7O3. The van der Waals surface area contributed by atoms with Gasteiger partial charge < -0.3 is 19.3 Å². The number of hydrogen-bond donors (Lipinski definition) is 0. The Morgan fingerprint density at radius 1 is 1.11 bits per heavy atom. The number of anilines is 1. The monoisotopic (exact) mass is 727 g/mol. The number of morpholine rings is 1. The van der Waals surface area contributed by atoms with Crippen molar-refractivity contribution in [1.82, 2.24) is 29.7 Å². The molecule has 4 aromatic rings. The number of pyridine rings is 1. The Morgan fingerprint density at radius 2 is 1.94 bits per heavy atom. The van der Waals surface area contributed by atoms with Crippen LogP contribution in [0.5, 0.6) is 6.01 Å². The van der Waals surface area contributed by atoms with E-state index in [-0.39, 0.29) is 34.7 Å². The van der Waals surface area contributed by atoms with Crippen LogP contribution < -0.4 is 9.64 Å². The van der Waals surface area contributed by atoms with E-state index in [0.29, 0.717) is 79.4 Å². The van der Waals surface area contributed by atoms with Crippen LogP contribution in [0.25, 0.3) is 32.9 Å². The van der Waals surface area contributed by atoms with E-state index in [9.17, 15) is 13.6 Å². The maximum atomic E-state index is 16.3. The number of fused-ring (bicyclic) bond motifs is 3. The Morgan fingerprint density at radius 3 is 2.72 bits per heavy atom. The Labute approximate surface area is 307 Å². The summed E-state index contributed by atoms with van der Waals surface area (Å²) >= 11 is 0. The summed E-state index contributed by atoms with van der Waals surface area (Å²) in [5.41, 5.74) is 0.391. The molecule has 2 aromatic carbocycles. The normalized spacial score (nSPS) is 21.9.